The summed E-state index contributed by atoms with van der Waals surface area (Å²) >= 11 is 6.02. The summed E-state index contributed by atoms with van der Waals surface area (Å²) in [6, 6.07) is 12.0. The Kier molecular flexibility index (Phi) is 3.11. The van der Waals surface area contributed by atoms with E-state index in [4.69, 9.17) is 17.3 Å². The van der Waals surface area contributed by atoms with E-state index in [2.05, 4.69) is 0 Å². The minimum absolute atomic E-state index is 0.0517. The van der Waals surface area contributed by atoms with Crippen molar-refractivity contribution < 1.29 is 8.42 Å². The summed E-state index contributed by atoms with van der Waals surface area (Å²) in [5, 5.41) is 0.184. The Morgan fingerprint density at radius 3 is 2.70 bits per heavy atom. The molecule has 4 nitrogen and oxygen atoms in total. The Morgan fingerprint density at radius 2 is 1.90 bits per heavy atom. The Bertz CT molecular complexity index is 774. The molecule has 0 unspecified atom stereocenters. The zero-order valence-corrected chi connectivity index (χ0v) is 12.2. The highest BCUT2D eigenvalue weighted by atomic mass is 35.5. The highest BCUT2D eigenvalue weighted by Crippen LogP contribution is 2.35. The average Bonchev–Trinajstić information content (AvgIpc) is 2.86. The van der Waals surface area contributed by atoms with Crippen LogP contribution in [0.3, 0.4) is 0 Å². The molecule has 0 atom stereocenters. The van der Waals surface area contributed by atoms with Gasteiger partial charge in [-0.2, -0.15) is 0 Å². The zero-order valence-electron chi connectivity index (χ0n) is 10.6. The van der Waals surface area contributed by atoms with Gasteiger partial charge in [0.25, 0.3) is 10.0 Å². The number of rotatable bonds is 2. The molecule has 0 aliphatic carbocycles. The van der Waals surface area contributed by atoms with Crippen molar-refractivity contribution in [1.82, 2.24) is 0 Å². The molecular formula is C14H13ClN2O2S. The summed E-state index contributed by atoms with van der Waals surface area (Å²) in [5.41, 5.74) is 7.79. The van der Waals surface area contributed by atoms with E-state index in [0.717, 1.165) is 5.56 Å². The summed E-state index contributed by atoms with van der Waals surface area (Å²) in [4.78, 5) is 0.0517. The third kappa shape index (κ3) is 2.03. The number of benzene rings is 2. The van der Waals surface area contributed by atoms with Crippen molar-refractivity contribution >= 4 is 33.0 Å². The third-order valence-electron chi connectivity index (χ3n) is 3.37. The topological polar surface area (TPSA) is 63.4 Å². The van der Waals surface area contributed by atoms with Crippen LogP contribution in [0.4, 0.5) is 11.4 Å². The normalized spacial score (nSPS) is 14.3. The number of nitrogens with two attached hydrogens (primary N) is 1. The van der Waals surface area contributed by atoms with Gasteiger partial charge in [0.1, 0.15) is 4.90 Å². The first-order valence-corrected chi connectivity index (χ1v) is 7.97. The number of anilines is 2. The number of hydrogen-bond acceptors (Lipinski definition) is 3. The Balaban J connectivity index is 2.13. The van der Waals surface area contributed by atoms with Gasteiger partial charge in [-0.1, -0.05) is 29.8 Å². The van der Waals surface area contributed by atoms with Gasteiger partial charge in [-0.3, -0.25) is 4.31 Å². The number of sulfonamides is 1. The molecule has 0 spiro atoms. The second-order valence-corrected chi connectivity index (χ2v) is 6.88. The van der Waals surface area contributed by atoms with Gasteiger partial charge in [0.05, 0.1) is 10.7 Å². The molecule has 20 heavy (non-hydrogen) atoms. The lowest BCUT2D eigenvalue weighted by molar-refractivity contribution is 0.592. The van der Waals surface area contributed by atoms with Gasteiger partial charge in [0, 0.05) is 12.2 Å². The summed E-state index contributed by atoms with van der Waals surface area (Å²) in [6.45, 7) is 0.423. The molecule has 0 radical (unpaired) electrons. The molecule has 0 fully saturated rings. The SMILES string of the molecule is Nc1ccc(Cl)c(S(=O)(=O)N2CCc3ccccc32)c1. The molecule has 6 heteroatoms. The molecule has 2 N–H and O–H groups in total. The smallest absolute Gasteiger partial charge is 0.265 e. The Morgan fingerprint density at radius 1 is 1.15 bits per heavy atom. The summed E-state index contributed by atoms with van der Waals surface area (Å²) < 4.78 is 26.9. The minimum Gasteiger partial charge on any atom is -0.399 e. The summed E-state index contributed by atoms with van der Waals surface area (Å²) in [5.74, 6) is 0. The van der Waals surface area contributed by atoms with Gasteiger partial charge in [0.2, 0.25) is 0 Å². The van der Waals surface area contributed by atoms with Crippen LogP contribution in [0.15, 0.2) is 47.4 Å². The van der Waals surface area contributed by atoms with Crippen molar-refractivity contribution in [3.05, 3.63) is 53.1 Å². The van der Waals surface area contributed by atoms with Crippen molar-refractivity contribution in [2.45, 2.75) is 11.3 Å². The molecule has 0 saturated carbocycles. The average molecular weight is 309 g/mol. The van der Waals surface area contributed by atoms with Crippen LogP contribution in [0.2, 0.25) is 5.02 Å². The Labute approximate surface area is 122 Å². The predicted octanol–water partition coefficient (Wildman–Crippen LogP) is 2.67. The van der Waals surface area contributed by atoms with E-state index >= 15 is 0 Å². The Hall–Kier alpha value is -1.72. The van der Waals surface area contributed by atoms with E-state index < -0.39 is 10.0 Å². The largest absolute Gasteiger partial charge is 0.399 e. The fourth-order valence-electron chi connectivity index (χ4n) is 2.39. The summed E-state index contributed by atoms with van der Waals surface area (Å²) in [6.07, 6.45) is 0.704. The van der Waals surface area contributed by atoms with Crippen LogP contribution >= 0.6 is 11.6 Å². The van der Waals surface area contributed by atoms with Crippen molar-refractivity contribution in [1.29, 1.82) is 0 Å². The minimum atomic E-state index is -3.68. The van der Waals surface area contributed by atoms with Crippen LogP contribution in [-0.4, -0.2) is 15.0 Å². The van der Waals surface area contributed by atoms with Crippen molar-refractivity contribution in [2.75, 3.05) is 16.6 Å². The van der Waals surface area contributed by atoms with Crippen LogP contribution in [0.25, 0.3) is 0 Å². The van der Waals surface area contributed by atoms with Crippen LogP contribution in [0, 0.1) is 0 Å². The number of nitrogens with zero attached hydrogens (tertiary/aromatic N) is 1. The number of hydrogen-bond donors (Lipinski definition) is 1. The molecule has 104 valence electrons. The van der Waals surface area contributed by atoms with Crippen molar-refractivity contribution in [3.8, 4) is 0 Å². The molecule has 0 saturated heterocycles. The van der Waals surface area contributed by atoms with E-state index in [-0.39, 0.29) is 9.92 Å². The van der Waals surface area contributed by atoms with Crippen LogP contribution < -0.4 is 10.0 Å². The molecule has 1 heterocycles. The van der Waals surface area contributed by atoms with Gasteiger partial charge in [-0.25, -0.2) is 8.42 Å². The van der Waals surface area contributed by atoms with Gasteiger partial charge in [-0.15, -0.1) is 0 Å². The fraction of sp³-hybridized carbons (Fsp3) is 0.143. The van der Waals surface area contributed by atoms with Gasteiger partial charge in [-0.05, 0) is 36.2 Å². The predicted molar refractivity (Wildman–Crippen MR) is 80.5 cm³/mol. The first kappa shape index (κ1) is 13.3. The van der Waals surface area contributed by atoms with Gasteiger partial charge in [0.15, 0.2) is 0 Å². The highest BCUT2D eigenvalue weighted by molar-refractivity contribution is 7.93. The van der Waals surface area contributed by atoms with Crippen LogP contribution in [0.5, 0.6) is 0 Å². The maximum absolute atomic E-state index is 12.8. The quantitative estimate of drug-likeness (QED) is 0.868. The number of fused-ring (bicyclic) bond motifs is 1. The fourth-order valence-corrected chi connectivity index (χ4v) is 4.41. The molecule has 3 rings (SSSR count). The molecule has 2 aromatic carbocycles. The monoisotopic (exact) mass is 308 g/mol. The van der Waals surface area contributed by atoms with E-state index in [1.165, 1.54) is 16.4 Å². The molecule has 1 aliphatic heterocycles. The molecular weight excluding hydrogens is 296 g/mol. The summed E-state index contributed by atoms with van der Waals surface area (Å²) in [7, 11) is -3.68. The maximum atomic E-state index is 12.8. The lowest BCUT2D eigenvalue weighted by atomic mass is 10.2. The second-order valence-electron chi connectivity index (χ2n) is 4.65. The molecule has 0 bridgehead atoms. The van der Waals surface area contributed by atoms with Crippen LogP contribution in [-0.2, 0) is 16.4 Å². The van der Waals surface area contributed by atoms with E-state index in [1.54, 1.807) is 12.1 Å². The molecule has 1 aliphatic rings. The standard InChI is InChI=1S/C14H13ClN2O2S/c15-12-6-5-11(16)9-14(12)20(18,19)17-8-7-10-3-1-2-4-13(10)17/h1-6,9H,7-8,16H2. The number of halogens is 1. The second kappa shape index (κ2) is 4.68. The third-order valence-corrected chi connectivity index (χ3v) is 5.66. The lowest BCUT2D eigenvalue weighted by Crippen LogP contribution is -2.29. The first-order valence-electron chi connectivity index (χ1n) is 6.16. The van der Waals surface area contributed by atoms with Crippen molar-refractivity contribution in [3.63, 3.8) is 0 Å². The highest BCUT2D eigenvalue weighted by Gasteiger charge is 2.32. The first-order chi connectivity index (χ1) is 9.50. The van der Waals surface area contributed by atoms with Gasteiger partial charge >= 0.3 is 0 Å². The van der Waals surface area contributed by atoms with E-state index in [1.807, 2.05) is 18.2 Å². The van der Waals surface area contributed by atoms with E-state index in [0.29, 0.717) is 24.3 Å². The van der Waals surface area contributed by atoms with Crippen LogP contribution in [0.1, 0.15) is 5.56 Å². The van der Waals surface area contributed by atoms with E-state index in [9.17, 15) is 8.42 Å². The number of nitrogen functional groups attached to an aromatic ring is 1. The molecule has 0 aromatic heterocycles. The van der Waals surface area contributed by atoms with Crippen molar-refractivity contribution in [2.24, 2.45) is 0 Å². The van der Waals surface area contributed by atoms with Gasteiger partial charge < -0.3 is 5.73 Å². The molecule has 0 amide bonds. The molecule has 2 aromatic rings. The maximum Gasteiger partial charge on any atom is 0.265 e. The lowest BCUT2D eigenvalue weighted by Gasteiger charge is -2.20. The zero-order chi connectivity index (χ0) is 14.3. The number of para-hydroxylation sites is 1.